The molecule has 0 radical (unpaired) electrons. The monoisotopic (exact) mass is 422 g/mol. The van der Waals surface area contributed by atoms with E-state index < -0.39 is 29.9 Å². The van der Waals surface area contributed by atoms with Gasteiger partial charge in [0, 0.05) is 43.3 Å². The van der Waals surface area contributed by atoms with E-state index in [1.807, 2.05) is 25.1 Å². The molecule has 1 atom stereocenters. The van der Waals surface area contributed by atoms with Crippen LogP contribution in [0.3, 0.4) is 0 Å². The molecule has 156 valence electrons. The number of carboxylic acid groups (broad SMARTS) is 1. The van der Waals surface area contributed by atoms with Gasteiger partial charge in [-0.2, -0.15) is 0 Å². The van der Waals surface area contributed by atoms with Crippen LogP contribution in [0.15, 0.2) is 18.2 Å². The molecule has 2 saturated heterocycles. The summed E-state index contributed by atoms with van der Waals surface area (Å²) in [5.74, 6) is -2.10. The van der Waals surface area contributed by atoms with Gasteiger partial charge in [-0.25, -0.2) is 4.79 Å². The quantitative estimate of drug-likeness (QED) is 0.591. The summed E-state index contributed by atoms with van der Waals surface area (Å²) >= 11 is 6.07. The number of benzene rings is 1. The number of nitrogens with zero attached hydrogens (tertiary/aromatic N) is 2. The van der Waals surface area contributed by atoms with Gasteiger partial charge in [0.25, 0.3) is 5.91 Å². The Morgan fingerprint density at radius 3 is 2.45 bits per heavy atom. The average Bonchev–Trinajstić information content (AvgIpc) is 2.94. The molecule has 29 heavy (non-hydrogen) atoms. The van der Waals surface area contributed by atoms with E-state index in [1.54, 1.807) is 4.90 Å². The van der Waals surface area contributed by atoms with Crippen molar-refractivity contribution in [3.8, 4) is 0 Å². The Kier molecular flexibility index (Phi) is 5.97. The Bertz CT molecular complexity index is 853. The normalized spacial score (nSPS) is 21.7. The van der Waals surface area contributed by atoms with E-state index in [0.717, 1.165) is 11.3 Å². The van der Waals surface area contributed by atoms with E-state index in [4.69, 9.17) is 16.7 Å². The van der Waals surface area contributed by atoms with E-state index in [2.05, 4.69) is 15.5 Å². The first-order chi connectivity index (χ1) is 13.7. The van der Waals surface area contributed by atoms with Crippen molar-refractivity contribution in [1.29, 1.82) is 0 Å². The molecule has 9 nitrogen and oxygen atoms in total. The number of halogens is 1. The lowest BCUT2D eigenvalue weighted by Gasteiger charge is -2.36. The molecule has 1 aromatic rings. The minimum atomic E-state index is -1.58. The number of carboxylic acids is 1. The van der Waals surface area contributed by atoms with Gasteiger partial charge in [-0.05, 0) is 37.1 Å². The number of hydrogen-bond donors (Lipinski definition) is 3. The Morgan fingerprint density at radius 1 is 1.21 bits per heavy atom. The Labute approximate surface area is 173 Å². The van der Waals surface area contributed by atoms with Crippen molar-refractivity contribution in [3.05, 3.63) is 28.8 Å². The molecule has 4 amide bonds. The summed E-state index contributed by atoms with van der Waals surface area (Å²) in [6.07, 6.45) is -0.658. The minimum absolute atomic E-state index is 0.0268. The molecule has 0 bridgehead atoms. The maximum atomic E-state index is 12.6. The van der Waals surface area contributed by atoms with Crippen LogP contribution in [0.25, 0.3) is 0 Å². The summed E-state index contributed by atoms with van der Waals surface area (Å²) in [6.45, 7) is 4.29. The SMILES string of the molecule is Cc1cc(N2CCN(C(=O)CCC3(CC(=O)O)NC(=O)NC3=O)CC2)ccc1Cl. The highest BCUT2D eigenvalue weighted by Crippen LogP contribution is 2.25. The second kappa shape index (κ2) is 8.28. The third-order valence-corrected chi connectivity index (χ3v) is 5.80. The van der Waals surface area contributed by atoms with E-state index in [9.17, 15) is 19.2 Å². The third-order valence-electron chi connectivity index (χ3n) is 5.37. The fraction of sp³-hybridized carbons (Fsp3) is 0.474. The van der Waals surface area contributed by atoms with E-state index in [1.165, 1.54) is 0 Å². The molecule has 10 heteroatoms. The molecule has 2 aliphatic heterocycles. The van der Waals surface area contributed by atoms with Gasteiger partial charge in [-0.1, -0.05) is 11.6 Å². The minimum Gasteiger partial charge on any atom is -0.481 e. The first kappa shape index (κ1) is 20.9. The number of aryl methyl sites for hydroxylation is 1. The number of carbonyl (C=O) groups excluding carboxylic acids is 3. The lowest BCUT2D eigenvalue weighted by molar-refractivity contribution is -0.142. The van der Waals surface area contributed by atoms with Crippen LogP contribution < -0.4 is 15.5 Å². The van der Waals surface area contributed by atoms with Crippen LogP contribution in [-0.4, -0.2) is 65.5 Å². The highest BCUT2D eigenvalue weighted by Gasteiger charge is 2.47. The standard InChI is InChI=1S/C19H23ClN4O5/c1-12-10-13(2-3-14(12)20)23-6-8-24(9-7-23)15(25)4-5-19(11-16(26)27)17(28)21-18(29)22-19/h2-3,10H,4-9,11H2,1H3,(H,26,27)(H2,21,22,28,29). The van der Waals surface area contributed by atoms with E-state index in [0.29, 0.717) is 31.2 Å². The smallest absolute Gasteiger partial charge is 0.322 e. The number of hydrogen-bond acceptors (Lipinski definition) is 5. The first-order valence-electron chi connectivity index (χ1n) is 9.34. The molecule has 3 rings (SSSR count). The summed E-state index contributed by atoms with van der Waals surface area (Å²) in [5.41, 5.74) is 0.453. The number of rotatable bonds is 6. The zero-order valence-corrected chi connectivity index (χ0v) is 16.8. The predicted molar refractivity (Wildman–Crippen MR) is 106 cm³/mol. The molecule has 2 heterocycles. The number of carbonyl (C=O) groups is 4. The highest BCUT2D eigenvalue weighted by molar-refractivity contribution is 6.31. The van der Waals surface area contributed by atoms with Gasteiger partial charge in [-0.3, -0.25) is 19.7 Å². The summed E-state index contributed by atoms with van der Waals surface area (Å²) in [7, 11) is 0. The summed E-state index contributed by atoms with van der Waals surface area (Å²) in [6, 6.07) is 5.07. The van der Waals surface area contributed by atoms with E-state index in [-0.39, 0.29) is 18.7 Å². The molecular weight excluding hydrogens is 400 g/mol. The number of amides is 4. The van der Waals surface area contributed by atoms with Gasteiger partial charge in [0.05, 0.1) is 6.42 Å². The third kappa shape index (κ3) is 4.61. The van der Waals surface area contributed by atoms with Crippen molar-refractivity contribution >= 4 is 41.1 Å². The molecular formula is C19H23ClN4O5. The fourth-order valence-corrected chi connectivity index (χ4v) is 3.81. The van der Waals surface area contributed by atoms with Crippen LogP contribution in [0.1, 0.15) is 24.8 Å². The topological polar surface area (TPSA) is 119 Å². The van der Waals surface area contributed by atoms with Crippen molar-refractivity contribution < 1.29 is 24.3 Å². The molecule has 2 fully saturated rings. The van der Waals surface area contributed by atoms with Gasteiger partial charge in [0.15, 0.2) is 0 Å². The molecule has 0 aromatic heterocycles. The largest absolute Gasteiger partial charge is 0.481 e. The molecule has 3 N–H and O–H groups in total. The van der Waals surface area contributed by atoms with Gasteiger partial charge >= 0.3 is 12.0 Å². The zero-order chi connectivity index (χ0) is 21.2. The molecule has 1 aromatic carbocycles. The van der Waals surface area contributed by atoms with Crippen molar-refractivity contribution in [1.82, 2.24) is 15.5 Å². The number of piperazine rings is 1. The summed E-state index contributed by atoms with van der Waals surface area (Å²) in [4.78, 5) is 51.2. The van der Waals surface area contributed by atoms with Crippen LogP contribution in [-0.2, 0) is 14.4 Å². The van der Waals surface area contributed by atoms with Crippen LogP contribution in [0, 0.1) is 6.92 Å². The fourth-order valence-electron chi connectivity index (χ4n) is 3.69. The Morgan fingerprint density at radius 2 is 1.90 bits per heavy atom. The number of imide groups is 1. The van der Waals surface area contributed by atoms with Crippen LogP contribution >= 0.6 is 11.6 Å². The predicted octanol–water partition coefficient (Wildman–Crippen LogP) is 1.13. The summed E-state index contributed by atoms with van der Waals surface area (Å²) in [5, 5.41) is 14.2. The molecule has 0 spiro atoms. The maximum Gasteiger partial charge on any atom is 0.322 e. The second-order valence-corrected chi connectivity index (χ2v) is 7.77. The number of nitrogens with one attached hydrogen (secondary N) is 2. The molecule has 2 aliphatic rings. The Hall–Kier alpha value is -2.81. The summed E-state index contributed by atoms with van der Waals surface area (Å²) < 4.78 is 0. The molecule has 0 saturated carbocycles. The van der Waals surface area contributed by atoms with Crippen molar-refractivity contribution in [2.75, 3.05) is 31.1 Å². The highest BCUT2D eigenvalue weighted by atomic mass is 35.5. The van der Waals surface area contributed by atoms with Crippen molar-refractivity contribution in [2.45, 2.75) is 31.7 Å². The lowest BCUT2D eigenvalue weighted by Crippen LogP contribution is -2.51. The van der Waals surface area contributed by atoms with Crippen LogP contribution in [0.4, 0.5) is 10.5 Å². The van der Waals surface area contributed by atoms with Gasteiger partial charge in [-0.15, -0.1) is 0 Å². The maximum absolute atomic E-state index is 12.6. The molecule has 0 aliphatic carbocycles. The first-order valence-corrected chi connectivity index (χ1v) is 9.72. The van der Waals surface area contributed by atoms with Gasteiger partial charge in [0.2, 0.25) is 5.91 Å². The number of urea groups is 1. The second-order valence-electron chi connectivity index (χ2n) is 7.36. The molecule has 1 unspecified atom stereocenters. The van der Waals surface area contributed by atoms with Gasteiger partial charge in [0.1, 0.15) is 5.54 Å². The Balaban J connectivity index is 1.56. The van der Waals surface area contributed by atoms with Crippen molar-refractivity contribution in [3.63, 3.8) is 0 Å². The van der Waals surface area contributed by atoms with Crippen molar-refractivity contribution in [2.24, 2.45) is 0 Å². The number of anilines is 1. The van der Waals surface area contributed by atoms with Crippen LogP contribution in [0.2, 0.25) is 5.02 Å². The number of aliphatic carboxylic acids is 1. The average molecular weight is 423 g/mol. The lowest BCUT2D eigenvalue weighted by atomic mass is 9.89. The van der Waals surface area contributed by atoms with E-state index >= 15 is 0 Å². The van der Waals surface area contributed by atoms with Gasteiger partial charge < -0.3 is 20.2 Å². The van der Waals surface area contributed by atoms with Crippen LogP contribution in [0.5, 0.6) is 0 Å². The zero-order valence-electron chi connectivity index (χ0n) is 16.0.